The number of rotatable bonds is 1. The third kappa shape index (κ3) is 2.26. The Balaban J connectivity index is 2.67. The van der Waals surface area contributed by atoms with E-state index in [-0.39, 0.29) is 18.8 Å². The van der Waals surface area contributed by atoms with Gasteiger partial charge in [-0.3, -0.25) is 4.79 Å². The van der Waals surface area contributed by atoms with Crippen molar-refractivity contribution in [3.63, 3.8) is 0 Å². The zero-order chi connectivity index (χ0) is 10.3. The second kappa shape index (κ2) is 3.03. The van der Waals surface area contributed by atoms with Crippen LogP contribution >= 0.6 is 0 Å². The lowest BCUT2D eigenvalue weighted by atomic mass is 9.74. The Morgan fingerprint density at radius 1 is 1.54 bits per heavy atom. The van der Waals surface area contributed by atoms with Crippen molar-refractivity contribution in [1.29, 1.82) is 0 Å². The maximum absolute atomic E-state index is 13.4. The third-order valence-electron chi connectivity index (χ3n) is 2.95. The number of carbonyl (C=O) groups excluding carboxylic acids is 1. The molecule has 0 aromatic carbocycles. The van der Waals surface area contributed by atoms with Crippen LogP contribution in [-0.4, -0.2) is 17.1 Å². The lowest BCUT2D eigenvalue weighted by Gasteiger charge is -2.34. The van der Waals surface area contributed by atoms with E-state index in [2.05, 4.69) is 0 Å². The number of hydrogen-bond acceptors (Lipinski definition) is 1. The Bertz CT molecular complexity index is 215. The van der Waals surface area contributed by atoms with Crippen molar-refractivity contribution in [3.8, 4) is 0 Å². The van der Waals surface area contributed by atoms with Crippen LogP contribution in [0.1, 0.15) is 40.0 Å². The number of Topliss-reactive ketones (excluding diaryl/α,β-unsaturated/α-hetero) is 1. The Kier molecular flexibility index (Phi) is 2.48. The molecule has 0 amide bonds. The van der Waals surface area contributed by atoms with Crippen LogP contribution in [0.25, 0.3) is 0 Å². The molecule has 1 fully saturated rings. The van der Waals surface area contributed by atoms with Gasteiger partial charge in [-0.2, -0.15) is 0 Å². The van der Waals surface area contributed by atoms with Crippen molar-refractivity contribution in [3.05, 3.63) is 0 Å². The highest BCUT2D eigenvalue weighted by Crippen LogP contribution is 2.38. The fourth-order valence-electron chi connectivity index (χ4n) is 1.71. The van der Waals surface area contributed by atoms with Gasteiger partial charge < -0.3 is 0 Å². The van der Waals surface area contributed by atoms with Gasteiger partial charge in [-0.25, -0.2) is 8.78 Å². The van der Waals surface area contributed by atoms with Gasteiger partial charge in [0.15, 0.2) is 11.5 Å². The number of halogens is 2. The summed E-state index contributed by atoms with van der Waals surface area (Å²) < 4.78 is 26.8. The van der Waals surface area contributed by atoms with Crippen LogP contribution in [0.15, 0.2) is 0 Å². The van der Waals surface area contributed by atoms with Gasteiger partial charge in [0, 0.05) is 6.42 Å². The first-order chi connectivity index (χ1) is 5.73. The van der Waals surface area contributed by atoms with Crippen LogP contribution in [0.5, 0.6) is 0 Å². The molecule has 0 bridgehead atoms. The van der Waals surface area contributed by atoms with Crippen molar-refractivity contribution in [2.45, 2.75) is 51.4 Å². The van der Waals surface area contributed by atoms with Gasteiger partial charge in [0.1, 0.15) is 5.67 Å². The summed E-state index contributed by atoms with van der Waals surface area (Å²) in [5.41, 5.74) is -3.09. The van der Waals surface area contributed by atoms with E-state index in [0.29, 0.717) is 6.42 Å². The smallest absolute Gasteiger partial charge is 0.170 e. The van der Waals surface area contributed by atoms with Crippen molar-refractivity contribution >= 4 is 5.78 Å². The summed E-state index contributed by atoms with van der Waals surface area (Å²) in [5.74, 6) is -0.765. The van der Waals surface area contributed by atoms with E-state index in [1.807, 2.05) is 0 Å². The maximum Gasteiger partial charge on any atom is 0.170 e. The second-order valence-corrected chi connectivity index (χ2v) is 4.62. The maximum atomic E-state index is 13.4. The predicted octanol–water partition coefficient (Wildman–Crippen LogP) is 2.83. The summed E-state index contributed by atoms with van der Waals surface area (Å²) in [7, 11) is 0. The van der Waals surface area contributed by atoms with E-state index in [4.69, 9.17) is 0 Å². The average Bonchev–Trinajstić information content (AvgIpc) is 1.92. The quantitative estimate of drug-likeness (QED) is 0.621. The number of carbonyl (C=O) groups is 1. The monoisotopic (exact) mass is 190 g/mol. The molecule has 0 aromatic rings. The van der Waals surface area contributed by atoms with E-state index in [0.717, 1.165) is 0 Å². The van der Waals surface area contributed by atoms with Gasteiger partial charge in [-0.15, -0.1) is 0 Å². The Labute approximate surface area is 77.5 Å². The number of ketones is 1. The summed E-state index contributed by atoms with van der Waals surface area (Å²) in [6.07, 6.45) is 0.655. The fourth-order valence-corrected chi connectivity index (χ4v) is 1.71. The molecule has 0 spiro atoms. The molecule has 0 aliphatic heterocycles. The topological polar surface area (TPSA) is 17.1 Å². The Morgan fingerprint density at radius 3 is 2.46 bits per heavy atom. The summed E-state index contributed by atoms with van der Waals surface area (Å²) in [4.78, 5) is 11.2. The van der Waals surface area contributed by atoms with E-state index in [1.54, 1.807) is 0 Å². The van der Waals surface area contributed by atoms with Crippen molar-refractivity contribution in [2.75, 3.05) is 0 Å². The Hall–Kier alpha value is -0.470. The van der Waals surface area contributed by atoms with Gasteiger partial charge in [0.2, 0.25) is 0 Å². The fraction of sp³-hybridized carbons (Fsp3) is 0.900. The first-order valence-corrected chi connectivity index (χ1v) is 4.64. The van der Waals surface area contributed by atoms with Crippen molar-refractivity contribution < 1.29 is 13.6 Å². The molecule has 3 heteroatoms. The zero-order valence-electron chi connectivity index (χ0n) is 8.36. The first kappa shape index (κ1) is 10.6. The van der Waals surface area contributed by atoms with Crippen LogP contribution < -0.4 is 0 Å². The molecule has 76 valence electrons. The zero-order valence-corrected chi connectivity index (χ0v) is 8.36. The standard InChI is InChI=1S/C10H16F2O/c1-9(2,11)7-4-5-10(3,12)8(13)6-7/h7H,4-6H2,1-3H3/t7-,10-/m0/s1. The normalized spacial score (nSPS) is 36.4. The highest BCUT2D eigenvalue weighted by molar-refractivity contribution is 5.87. The molecule has 13 heavy (non-hydrogen) atoms. The molecule has 0 aromatic heterocycles. The summed E-state index contributed by atoms with van der Waals surface area (Å²) in [5, 5.41) is 0. The molecule has 1 rings (SSSR count). The molecule has 0 N–H and O–H groups in total. The minimum Gasteiger partial charge on any atom is -0.296 e. The molecule has 1 nitrogen and oxygen atoms in total. The molecule has 2 atom stereocenters. The molecule has 1 aliphatic carbocycles. The van der Waals surface area contributed by atoms with Gasteiger partial charge in [0.05, 0.1) is 0 Å². The highest BCUT2D eigenvalue weighted by atomic mass is 19.1. The van der Waals surface area contributed by atoms with Gasteiger partial charge >= 0.3 is 0 Å². The lowest BCUT2D eigenvalue weighted by molar-refractivity contribution is -0.136. The van der Waals surface area contributed by atoms with E-state index >= 15 is 0 Å². The summed E-state index contributed by atoms with van der Waals surface area (Å²) >= 11 is 0. The third-order valence-corrected chi connectivity index (χ3v) is 2.95. The molecular weight excluding hydrogens is 174 g/mol. The Morgan fingerprint density at radius 2 is 2.08 bits per heavy atom. The van der Waals surface area contributed by atoms with Crippen LogP contribution in [-0.2, 0) is 4.79 Å². The van der Waals surface area contributed by atoms with Crippen LogP contribution in [0.4, 0.5) is 8.78 Å². The van der Waals surface area contributed by atoms with Crippen molar-refractivity contribution in [1.82, 2.24) is 0 Å². The largest absolute Gasteiger partial charge is 0.296 e. The van der Waals surface area contributed by atoms with Crippen molar-refractivity contribution in [2.24, 2.45) is 5.92 Å². The molecule has 1 aliphatic rings. The number of hydrogen-bond donors (Lipinski definition) is 0. The predicted molar refractivity (Wildman–Crippen MR) is 47.0 cm³/mol. The minimum absolute atomic E-state index is 0.0382. The molecule has 0 unspecified atom stereocenters. The SMILES string of the molecule is CC(C)(F)[C@H]1CC[C@](C)(F)C(=O)C1. The number of alkyl halides is 2. The van der Waals surface area contributed by atoms with Crippen LogP contribution in [0.2, 0.25) is 0 Å². The van der Waals surface area contributed by atoms with E-state index in [9.17, 15) is 13.6 Å². The van der Waals surface area contributed by atoms with Gasteiger partial charge in [-0.05, 0) is 39.5 Å². The van der Waals surface area contributed by atoms with E-state index in [1.165, 1.54) is 20.8 Å². The highest BCUT2D eigenvalue weighted by Gasteiger charge is 2.43. The lowest BCUT2D eigenvalue weighted by Crippen LogP contribution is -2.42. The summed E-state index contributed by atoms with van der Waals surface area (Å²) in [6, 6.07) is 0. The van der Waals surface area contributed by atoms with E-state index < -0.39 is 17.1 Å². The average molecular weight is 190 g/mol. The second-order valence-electron chi connectivity index (χ2n) is 4.62. The van der Waals surface area contributed by atoms with Crippen LogP contribution in [0, 0.1) is 5.92 Å². The first-order valence-electron chi connectivity index (χ1n) is 4.64. The van der Waals surface area contributed by atoms with Gasteiger partial charge in [0.25, 0.3) is 0 Å². The molecule has 0 heterocycles. The summed E-state index contributed by atoms with van der Waals surface area (Å²) in [6.45, 7) is 4.19. The molecule has 1 saturated carbocycles. The van der Waals surface area contributed by atoms with Gasteiger partial charge in [-0.1, -0.05) is 0 Å². The minimum atomic E-state index is -1.72. The molecule has 0 radical (unpaired) electrons. The molecule has 0 saturated heterocycles. The van der Waals surface area contributed by atoms with Crippen LogP contribution in [0.3, 0.4) is 0 Å². The molecular formula is C10H16F2O.